The van der Waals surface area contributed by atoms with E-state index in [1.807, 2.05) is 0 Å². The van der Waals surface area contributed by atoms with E-state index in [-0.39, 0.29) is 0 Å². The highest BCUT2D eigenvalue weighted by molar-refractivity contribution is 4.90. The Morgan fingerprint density at radius 3 is 2.75 bits per heavy atom. The van der Waals surface area contributed by atoms with E-state index in [9.17, 15) is 0 Å². The van der Waals surface area contributed by atoms with Gasteiger partial charge in [-0.15, -0.1) is 0 Å². The third kappa shape index (κ3) is 1.34. The Morgan fingerprint density at radius 2 is 2.38 bits per heavy atom. The quantitative estimate of drug-likeness (QED) is 0.460. The summed E-state index contributed by atoms with van der Waals surface area (Å²) < 4.78 is 0. The predicted octanol–water partition coefficient (Wildman–Crippen LogP) is 1.27. The van der Waals surface area contributed by atoms with Gasteiger partial charge in [-0.25, -0.2) is 0 Å². The molecule has 0 saturated heterocycles. The van der Waals surface area contributed by atoms with Crippen molar-refractivity contribution in [3.8, 4) is 0 Å². The van der Waals surface area contributed by atoms with Crippen LogP contribution in [0.2, 0.25) is 0 Å². The lowest BCUT2D eigenvalue weighted by Gasteiger charge is -2.20. The molecule has 1 heterocycles. The molecule has 0 aromatic carbocycles. The van der Waals surface area contributed by atoms with Gasteiger partial charge in [-0.3, -0.25) is 4.90 Å². The molecule has 0 spiro atoms. The van der Waals surface area contributed by atoms with Crippen LogP contribution in [-0.4, -0.2) is 24.5 Å². The van der Waals surface area contributed by atoms with E-state index in [2.05, 4.69) is 24.0 Å². The van der Waals surface area contributed by atoms with Gasteiger partial charge >= 0.3 is 0 Å². The first-order valence-electron chi connectivity index (χ1n) is 3.31. The molecule has 0 aliphatic carbocycles. The average molecular weight is 111 g/mol. The fourth-order valence-electron chi connectivity index (χ4n) is 0.977. The molecule has 0 unspecified atom stereocenters. The molecular weight excluding hydrogens is 98.1 g/mol. The lowest BCUT2D eigenvalue weighted by molar-refractivity contribution is 0.315. The van der Waals surface area contributed by atoms with Gasteiger partial charge in [0.25, 0.3) is 0 Å². The van der Waals surface area contributed by atoms with Gasteiger partial charge in [0.2, 0.25) is 0 Å². The minimum atomic E-state index is 1.16. The zero-order chi connectivity index (χ0) is 5.82. The van der Waals surface area contributed by atoms with Crippen LogP contribution in [0.3, 0.4) is 0 Å². The Labute approximate surface area is 51.0 Å². The van der Waals surface area contributed by atoms with Crippen molar-refractivity contribution in [3.05, 3.63) is 12.2 Å². The van der Waals surface area contributed by atoms with Gasteiger partial charge in [0.05, 0.1) is 0 Å². The molecular formula is C7H13N. The highest BCUT2D eigenvalue weighted by Crippen LogP contribution is 1.98. The summed E-state index contributed by atoms with van der Waals surface area (Å²) in [6.45, 7) is 5.83. The SMILES string of the molecule is CCN1CC=CCC1. The first-order valence-corrected chi connectivity index (χ1v) is 3.31. The van der Waals surface area contributed by atoms with Gasteiger partial charge in [-0.1, -0.05) is 19.1 Å². The smallest absolute Gasteiger partial charge is 0.0163 e. The molecule has 0 atom stereocenters. The van der Waals surface area contributed by atoms with E-state index in [1.165, 1.54) is 19.5 Å². The molecule has 0 aromatic rings. The van der Waals surface area contributed by atoms with E-state index in [1.54, 1.807) is 0 Å². The number of hydrogen-bond acceptors (Lipinski definition) is 1. The van der Waals surface area contributed by atoms with E-state index in [0.717, 1.165) is 6.54 Å². The lowest BCUT2D eigenvalue weighted by atomic mass is 10.2. The molecule has 8 heavy (non-hydrogen) atoms. The van der Waals surface area contributed by atoms with E-state index in [4.69, 9.17) is 0 Å². The molecule has 0 radical (unpaired) electrons. The highest BCUT2D eigenvalue weighted by atomic mass is 15.1. The summed E-state index contributed by atoms with van der Waals surface area (Å²) >= 11 is 0. The van der Waals surface area contributed by atoms with Crippen LogP contribution >= 0.6 is 0 Å². The van der Waals surface area contributed by atoms with Crippen LogP contribution in [0.15, 0.2) is 12.2 Å². The van der Waals surface area contributed by atoms with Crippen LogP contribution in [-0.2, 0) is 0 Å². The van der Waals surface area contributed by atoms with Gasteiger partial charge in [0.1, 0.15) is 0 Å². The average Bonchev–Trinajstić information content (AvgIpc) is 1.90. The maximum absolute atomic E-state index is 2.43. The zero-order valence-electron chi connectivity index (χ0n) is 5.43. The summed E-state index contributed by atoms with van der Waals surface area (Å²) in [5, 5.41) is 0. The largest absolute Gasteiger partial charge is 0.300 e. The first kappa shape index (κ1) is 5.83. The zero-order valence-corrected chi connectivity index (χ0v) is 5.43. The maximum atomic E-state index is 2.43. The first-order chi connectivity index (χ1) is 3.93. The fourth-order valence-corrected chi connectivity index (χ4v) is 0.977. The number of rotatable bonds is 1. The lowest BCUT2D eigenvalue weighted by Crippen LogP contribution is -2.26. The van der Waals surface area contributed by atoms with E-state index >= 15 is 0 Å². The van der Waals surface area contributed by atoms with Gasteiger partial charge < -0.3 is 0 Å². The van der Waals surface area contributed by atoms with Crippen molar-refractivity contribution in [2.24, 2.45) is 0 Å². The monoisotopic (exact) mass is 111 g/mol. The van der Waals surface area contributed by atoms with Crippen molar-refractivity contribution in [1.82, 2.24) is 4.90 Å². The fraction of sp³-hybridized carbons (Fsp3) is 0.714. The molecule has 1 aliphatic rings. The third-order valence-electron chi connectivity index (χ3n) is 1.59. The van der Waals surface area contributed by atoms with Crippen molar-refractivity contribution in [2.45, 2.75) is 13.3 Å². The van der Waals surface area contributed by atoms with Gasteiger partial charge in [-0.05, 0) is 13.0 Å². The molecule has 0 N–H and O–H groups in total. The molecule has 0 aromatic heterocycles. The van der Waals surface area contributed by atoms with Crippen molar-refractivity contribution in [3.63, 3.8) is 0 Å². The summed E-state index contributed by atoms with van der Waals surface area (Å²) in [4.78, 5) is 2.43. The minimum Gasteiger partial charge on any atom is -0.300 e. The number of hydrogen-bond donors (Lipinski definition) is 0. The Hall–Kier alpha value is -0.300. The number of likely N-dealkylation sites (N-methyl/N-ethyl adjacent to an activating group) is 1. The molecule has 1 heteroatoms. The van der Waals surface area contributed by atoms with Crippen LogP contribution in [0.4, 0.5) is 0 Å². The summed E-state index contributed by atoms with van der Waals surface area (Å²) in [6, 6.07) is 0. The summed E-state index contributed by atoms with van der Waals surface area (Å²) in [5.74, 6) is 0. The van der Waals surface area contributed by atoms with Crippen LogP contribution in [0, 0.1) is 0 Å². The molecule has 0 bridgehead atoms. The summed E-state index contributed by atoms with van der Waals surface area (Å²) in [5.41, 5.74) is 0. The van der Waals surface area contributed by atoms with E-state index in [0.29, 0.717) is 0 Å². The standard InChI is InChI=1S/C7H13N/c1-2-8-6-4-3-5-7-8/h3-4H,2,5-7H2,1H3. The van der Waals surface area contributed by atoms with Crippen molar-refractivity contribution in [2.75, 3.05) is 19.6 Å². The van der Waals surface area contributed by atoms with E-state index < -0.39 is 0 Å². The third-order valence-corrected chi connectivity index (χ3v) is 1.59. The Morgan fingerprint density at radius 1 is 1.50 bits per heavy atom. The minimum absolute atomic E-state index is 1.16. The van der Waals surface area contributed by atoms with Crippen molar-refractivity contribution in [1.29, 1.82) is 0 Å². The molecule has 1 nitrogen and oxygen atoms in total. The predicted molar refractivity (Wildman–Crippen MR) is 35.9 cm³/mol. The second kappa shape index (κ2) is 2.88. The maximum Gasteiger partial charge on any atom is 0.0163 e. The molecule has 46 valence electrons. The Balaban J connectivity index is 2.27. The van der Waals surface area contributed by atoms with Gasteiger partial charge in [0, 0.05) is 13.1 Å². The second-order valence-electron chi connectivity index (χ2n) is 2.15. The molecule has 0 saturated carbocycles. The van der Waals surface area contributed by atoms with Crippen LogP contribution in [0.25, 0.3) is 0 Å². The van der Waals surface area contributed by atoms with Crippen molar-refractivity contribution < 1.29 is 0 Å². The van der Waals surface area contributed by atoms with Crippen LogP contribution in [0.1, 0.15) is 13.3 Å². The second-order valence-corrected chi connectivity index (χ2v) is 2.15. The van der Waals surface area contributed by atoms with Crippen LogP contribution in [0.5, 0.6) is 0 Å². The summed E-state index contributed by atoms with van der Waals surface area (Å²) in [7, 11) is 0. The van der Waals surface area contributed by atoms with Crippen LogP contribution < -0.4 is 0 Å². The topological polar surface area (TPSA) is 3.24 Å². The van der Waals surface area contributed by atoms with Gasteiger partial charge in [-0.2, -0.15) is 0 Å². The molecule has 0 fully saturated rings. The van der Waals surface area contributed by atoms with Gasteiger partial charge in [0.15, 0.2) is 0 Å². The molecule has 0 amide bonds. The molecule has 1 rings (SSSR count). The Bertz CT molecular complexity index is 86.4. The normalized spacial score (nSPS) is 21.6. The Kier molecular flexibility index (Phi) is 2.10. The van der Waals surface area contributed by atoms with Crippen molar-refractivity contribution >= 4 is 0 Å². The molecule has 1 aliphatic heterocycles. The highest BCUT2D eigenvalue weighted by Gasteiger charge is 2.00. The summed E-state index contributed by atoms with van der Waals surface area (Å²) in [6.07, 6.45) is 5.74. The number of nitrogens with zero attached hydrogens (tertiary/aromatic N) is 1.